The molecule has 0 heterocycles. The first-order valence-corrected chi connectivity index (χ1v) is 6.44. The predicted molar refractivity (Wildman–Crippen MR) is 75.5 cm³/mol. The average Bonchev–Trinajstić information content (AvgIpc) is 2.43. The van der Waals surface area contributed by atoms with Gasteiger partial charge in [-0.25, -0.2) is 0 Å². The highest BCUT2D eigenvalue weighted by molar-refractivity contribution is 5.99. The minimum absolute atomic E-state index is 0.182. The van der Waals surface area contributed by atoms with Crippen molar-refractivity contribution in [2.24, 2.45) is 5.73 Å². The number of rotatable bonds is 5. The highest BCUT2D eigenvalue weighted by atomic mass is 16.5. The number of anilines is 1. The molecule has 3 N–H and O–H groups in total. The van der Waals surface area contributed by atoms with Crippen LogP contribution in [0.5, 0.6) is 17.2 Å². The van der Waals surface area contributed by atoms with E-state index in [2.05, 4.69) is 5.32 Å². The van der Waals surface area contributed by atoms with Crippen molar-refractivity contribution >= 4 is 11.6 Å². The zero-order valence-electron chi connectivity index (χ0n) is 12.0. The summed E-state index contributed by atoms with van der Waals surface area (Å²) in [5, 5.41) is 2.81. The fraction of sp³-hybridized carbons (Fsp3) is 0.500. The Morgan fingerprint density at radius 2 is 1.70 bits per heavy atom. The molecule has 1 aromatic carbocycles. The van der Waals surface area contributed by atoms with Crippen molar-refractivity contribution in [1.82, 2.24) is 0 Å². The summed E-state index contributed by atoms with van der Waals surface area (Å²) < 4.78 is 15.7. The van der Waals surface area contributed by atoms with Crippen LogP contribution in [-0.2, 0) is 4.79 Å². The summed E-state index contributed by atoms with van der Waals surface area (Å²) in [6, 6.07) is 3.36. The maximum Gasteiger partial charge on any atom is 0.244 e. The third-order valence-electron chi connectivity index (χ3n) is 3.62. The Morgan fingerprint density at radius 1 is 1.15 bits per heavy atom. The first-order valence-electron chi connectivity index (χ1n) is 6.44. The second-order valence-electron chi connectivity index (χ2n) is 4.88. The van der Waals surface area contributed by atoms with E-state index in [-0.39, 0.29) is 5.91 Å². The lowest BCUT2D eigenvalue weighted by Crippen LogP contribution is -2.56. The third-order valence-corrected chi connectivity index (χ3v) is 3.62. The Morgan fingerprint density at radius 3 is 2.05 bits per heavy atom. The molecule has 1 aliphatic rings. The third kappa shape index (κ3) is 2.51. The summed E-state index contributed by atoms with van der Waals surface area (Å²) in [7, 11) is 4.58. The average molecular weight is 280 g/mol. The van der Waals surface area contributed by atoms with E-state index in [1.54, 1.807) is 12.1 Å². The fourth-order valence-electron chi connectivity index (χ4n) is 2.19. The van der Waals surface area contributed by atoms with E-state index in [1.807, 2.05) is 0 Å². The molecule has 1 fully saturated rings. The number of amides is 1. The summed E-state index contributed by atoms with van der Waals surface area (Å²) in [5.74, 6) is 1.28. The number of methoxy groups -OCH3 is 3. The molecule has 0 aliphatic heterocycles. The second kappa shape index (κ2) is 5.58. The van der Waals surface area contributed by atoms with Crippen molar-refractivity contribution in [3.8, 4) is 17.2 Å². The van der Waals surface area contributed by atoms with Gasteiger partial charge in [-0.2, -0.15) is 0 Å². The van der Waals surface area contributed by atoms with E-state index in [0.29, 0.717) is 35.8 Å². The van der Waals surface area contributed by atoms with Gasteiger partial charge in [0.25, 0.3) is 0 Å². The van der Waals surface area contributed by atoms with Gasteiger partial charge in [0.05, 0.1) is 26.9 Å². The molecule has 2 rings (SSSR count). The lowest BCUT2D eigenvalue weighted by Gasteiger charge is -2.36. The number of benzene rings is 1. The number of ether oxygens (including phenoxy) is 3. The van der Waals surface area contributed by atoms with Crippen molar-refractivity contribution in [2.75, 3.05) is 26.6 Å². The molecule has 6 heteroatoms. The molecule has 0 spiro atoms. The van der Waals surface area contributed by atoms with Gasteiger partial charge in [0.2, 0.25) is 11.7 Å². The van der Waals surface area contributed by atoms with Crippen LogP contribution in [0, 0.1) is 0 Å². The molecule has 0 aromatic heterocycles. The maximum atomic E-state index is 12.1. The van der Waals surface area contributed by atoms with Gasteiger partial charge in [-0.1, -0.05) is 0 Å². The van der Waals surface area contributed by atoms with Crippen LogP contribution in [0.4, 0.5) is 5.69 Å². The normalized spacial score (nSPS) is 16.0. The van der Waals surface area contributed by atoms with Crippen molar-refractivity contribution in [2.45, 2.75) is 24.8 Å². The molecule has 1 aliphatic carbocycles. The van der Waals surface area contributed by atoms with E-state index in [1.165, 1.54) is 21.3 Å². The number of nitrogens with two attached hydrogens (primary N) is 1. The SMILES string of the molecule is COc1cc(NC(=O)C2(N)CCC2)cc(OC)c1OC. The zero-order valence-corrected chi connectivity index (χ0v) is 12.0. The van der Waals surface area contributed by atoms with Gasteiger partial charge >= 0.3 is 0 Å². The zero-order chi connectivity index (χ0) is 14.8. The molecule has 1 amide bonds. The van der Waals surface area contributed by atoms with Crippen molar-refractivity contribution < 1.29 is 19.0 Å². The first kappa shape index (κ1) is 14.5. The molecule has 110 valence electrons. The molecule has 20 heavy (non-hydrogen) atoms. The minimum Gasteiger partial charge on any atom is -0.493 e. The van der Waals surface area contributed by atoms with E-state index in [0.717, 1.165) is 6.42 Å². The second-order valence-corrected chi connectivity index (χ2v) is 4.88. The number of nitrogens with one attached hydrogen (secondary N) is 1. The monoisotopic (exact) mass is 280 g/mol. The topological polar surface area (TPSA) is 82.8 Å². The number of hydrogen-bond acceptors (Lipinski definition) is 5. The van der Waals surface area contributed by atoms with Crippen molar-refractivity contribution in [3.63, 3.8) is 0 Å². The molecule has 1 saturated carbocycles. The van der Waals surface area contributed by atoms with Gasteiger partial charge in [0.15, 0.2) is 11.5 Å². The number of carbonyl (C=O) groups excluding carboxylic acids is 1. The van der Waals surface area contributed by atoms with Crippen molar-refractivity contribution in [3.05, 3.63) is 12.1 Å². The Labute approximate surface area is 118 Å². The van der Waals surface area contributed by atoms with Crippen molar-refractivity contribution in [1.29, 1.82) is 0 Å². The first-order chi connectivity index (χ1) is 9.54. The van der Waals surface area contributed by atoms with Gasteiger partial charge < -0.3 is 25.3 Å². The molecule has 0 atom stereocenters. The highest BCUT2D eigenvalue weighted by Crippen LogP contribution is 2.40. The van der Waals surface area contributed by atoms with Crippen LogP contribution < -0.4 is 25.3 Å². The largest absolute Gasteiger partial charge is 0.493 e. The Bertz CT molecular complexity index is 487. The lowest BCUT2D eigenvalue weighted by molar-refractivity contribution is -0.123. The standard InChI is InChI=1S/C14H20N2O4/c1-18-10-7-9(8-11(19-2)12(10)20-3)16-13(17)14(15)5-4-6-14/h7-8H,4-6,15H2,1-3H3,(H,16,17). The molecule has 0 radical (unpaired) electrons. The van der Waals surface area contributed by atoms with Gasteiger partial charge in [-0.05, 0) is 19.3 Å². The molecule has 1 aromatic rings. The minimum atomic E-state index is -0.750. The smallest absolute Gasteiger partial charge is 0.244 e. The lowest BCUT2D eigenvalue weighted by atomic mass is 9.77. The van der Waals surface area contributed by atoms with Crippen LogP contribution in [0.3, 0.4) is 0 Å². The van der Waals surface area contributed by atoms with E-state index < -0.39 is 5.54 Å². The Hall–Kier alpha value is -1.95. The molecule has 6 nitrogen and oxygen atoms in total. The summed E-state index contributed by atoms with van der Waals surface area (Å²) in [6.45, 7) is 0. The maximum absolute atomic E-state index is 12.1. The summed E-state index contributed by atoms with van der Waals surface area (Å²) >= 11 is 0. The van der Waals surface area contributed by atoms with Crippen LogP contribution in [0.1, 0.15) is 19.3 Å². The van der Waals surface area contributed by atoms with Crippen LogP contribution in [0.15, 0.2) is 12.1 Å². The molecule has 0 saturated heterocycles. The Kier molecular flexibility index (Phi) is 4.04. The van der Waals surface area contributed by atoms with Gasteiger partial charge in [0, 0.05) is 17.8 Å². The summed E-state index contributed by atoms with van der Waals surface area (Å²) in [4.78, 5) is 12.1. The van der Waals surface area contributed by atoms with Crippen LogP contribution in [-0.4, -0.2) is 32.8 Å². The summed E-state index contributed by atoms with van der Waals surface area (Å²) in [6.07, 6.45) is 2.41. The molecule has 0 bridgehead atoms. The van der Waals surface area contributed by atoms with Crippen LogP contribution in [0.25, 0.3) is 0 Å². The van der Waals surface area contributed by atoms with Crippen LogP contribution in [0.2, 0.25) is 0 Å². The fourth-order valence-corrected chi connectivity index (χ4v) is 2.19. The van der Waals surface area contributed by atoms with Gasteiger partial charge in [0.1, 0.15) is 0 Å². The molecular weight excluding hydrogens is 260 g/mol. The highest BCUT2D eigenvalue weighted by Gasteiger charge is 2.40. The van der Waals surface area contributed by atoms with Gasteiger partial charge in [-0.3, -0.25) is 4.79 Å². The number of hydrogen-bond donors (Lipinski definition) is 2. The molecular formula is C14H20N2O4. The Balaban J connectivity index is 2.26. The summed E-state index contributed by atoms with van der Waals surface area (Å²) in [5.41, 5.74) is 5.81. The van der Waals surface area contributed by atoms with Gasteiger partial charge in [-0.15, -0.1) is 0 Å². The van der Waals surface area contributed by atoms with E-state index in [4.69, 9.17) is 19.9 Å². The van der Waals surface area contributed by atoms with Crippen LogP contribution >= 0.6 is 0 Å². The predicted octanol–water partition coefficient (Wildman–Crippen LogP) is 1.53. The van der Waals surface area contributed by atoms with E-state index in [9.17, 15) is 4.79 Å². The number of carbonyl (C=O) groups is 1. The quantitative estimate of drug-likeness (QED) is 0.854. The van der Waals surface area contributed by atoms with E-state index >= 15 is 0 Å². The molecule has 0 unspecified atom stereocenters.